The van der Waals surface area contributed by atoms with Gasteiger partial charge in [-0.25, -0.2) is 14.8 Å². The third-order valence-corrected chi connectivity index (χ3v) is 14.4. The first-order valence-electron chi connectivity index (χ1n) is 23.8. The lowest BCUT2D eigenvalue weighted by Crippen LogP contribution is -2.61. The average Bonchev–Trinajstić information content (AvgIpc) is 3.84. The number of nitrogens with zero attached hydrogens (tertiary/aromatic N) is 6. The Bertz CT molecular complexity index is 2180. The maximum atomic E-state index is 15.0. The number of cyclic esters (lactones) is 1. The summed E-state index contributed by atoms with van der Waals surface area (Å²) in [6.45, 7) is 19.6. The summed E-state index contributed by atoms with van der Waals surface area (Å²) in [5.74, 6) is -4.91. The van der Waals surface area contributed by atoms with E-state index in [1.807, 2.05) is 56.3 Å². The Hall–Kier alpha value is -4.81. The minimum atomic E-state index is -1.44. The molecule has 0 bridgehead atoms. The van der Waals surface area contributed by atoms with Gasteiger partial charge in [0.05, 0.1) is 53.7 Å². The molecule has 6 rings (SSSR count). The number of likely N-dealkylation sites (N-methyl/N-ethyl adjacent to an activating group) is 1. The second-order valence-electron chi connectivity index (χ2n) is 19.3. The van der Waals surface area contributed by atoms with E-state index in [0.29, 0.717) is 43.7 Å². The van der Waals surface area contributed by atoms with Crippen molar-refractivity contribution >= 4 is 35.0 Å². The molecule has 3 aromatic heterocycles. The van der Waals surface area contributed by atoms with Crippen LogP contribution in [0.3, 0.4) is 0 Å². The van der Waals surface area contributed by atoms with Crippen molar-refractivity contribution in [1.82, 2.24) is 29.3 Å². The number of rotatable bonds is 15. The summed E-state index contributed by atoms with van der Waals surface area (Å²) >= 11 is 0. The average molecular weight is 933 g/mol. The number of pyridine rings is 2. The van der Waals surface area contributed by atoms with Gasteiger partial charge in [-0.1, -0.05) is 39.8 Å². The number of imidazole rings is 1. The number of methoxy groups -OCH3 is 1. The first kappa shape index (κ1) is 51.6. The monoisotopic (exact) mass is 933 g/mol. The number of ether oxygens (including phenoxy) is 6. The van der Waals surface area contributed by atoms with E-state index in [-0.39, 0.29) is 43.7 Å². The van der Waals surface area contributed by atoms with Crippen LogP contribution in [-0.4, -0.2) is 146 Å². The molecule has 17 nitrogen and oxygen atoms in total. The standard InChI is InChI=1S/C50H72N6O11/c1-12-23-54(10)37-26-31(4)63-47(41(37)59)66-44-33(6)42(65-39(57)27-35-19-14-15-21-51-35)34(7)46(60)64-38(13-2)50(9)43(32(5)40(58)30(3)28-49(44,8)62-11)56(48(61)67-50)25-17-16-24-55-29-53-45-36(55)20-18-22-52-45/h12,14-15,18-22,29-34,37-38,41-44,47,59H,1,13,16-17,23-28H2,2-11H3/t30-,31-,32+,33+,34-,37+,38-,41-,42+,43-,44-,47+,49-,50-/m1/s1. The van der Waals surface area contributed by atoms with Gasteiger partial charge >= 0.3 is 18.0 Å². The minimum Gasteiger partial charge on any atom is -0.461 e. The van der Waals surface area contributed by atoms with Crippen molar-refractivity contribution in [2.45, 2.75) is 161 Å². The summed E-state index contributed by atoms with van der Waals surface area (Å²) < 4.78 is 40.7. The van der Waals surface area contributed by atoms with E-state index in [1.165, 1.54) is 7.11 Å². The largest absolute Gasteiger partial charge is 0.461 e. The summed E-state index contributed by atoms with van der Waals surface area (Å²) in [5, 5.41) is 11.9. The predicted octanol–water partition coefficient (Wildman–Crippen LogP) is 5.95. The zero-order chi connectivity index (χ0) is 48.8. The molecule has 14 atom stereocenters. The fourth-order valence-electron chi connectivity index (χ4n) is 10.8. The molecular formula is C50H72N6O11. The van der Waals surface area contributed by atoms with Crippen LogP contribution < -0.4 is 0 Å². The number of Topliss-reactive ketones (excluding diaryl/α,β-unsaturated/α-hetero) is 1. The number of hydrogen-bond donors (Lipinski definition) is 1. The Morgan fingerprint density at radius 1 is 1.01 bits per heavy atom. The van der Waals surface area contributed by atoms with Gasteiger partial charge < -0.3 is 43.0 Å². The lowest BCUT2D eigenvalue weighted by molar-refractivity contribution is -0.302. The number of unbranched alkanes of at least 4 members (excludes halogenated alkanes) is 1. The lowest BCUT2D eigenvalue weighted by Gasteiger charge is -2.48. The van der Waals surface area contributed by atoms with Gasteiger partial charge in [0.15, 0.2) is 17.5 Å². The van der Waals surface area contributed by atoms with E-state index in [2.05, 4.69) is 21.5 Å². The minimum absolute atomic E-state index is 0.108. The Morgan fingerprint density at radius 2 is 1.75 bits per heavy atom. The van der Waals surface area contributed by atoms with E-state index < -0.39 is 89.7 Å². The van der Waals surface area contributed by atoms with Crippen LogP contribution in [0.5, 0.6) is 0 Å². The van der Waals surface area contributed by atoms with Crippen molar-refractivity contribution in [2.24, 2.45) is 23.7 Å². The van der Waals surface area contributed by atoms with E-state index in [9.17, 15) is 19.5 Å². The molecule has 0 aliphatic carbocycles. The van der Waals surface area contributed by atoms with Crippen LogP contribution in [0.1, 0.15) is 93.2 Å². The number of amides is 1. The van der Waals surface area contributed by atoms with Crippen molar-refractivity contribution in [2.75, 3.05) is 27.2 Å². The van der Waals surface area contributed by atoms with Crippen LogP contribution in [0, 0.1) is 23.7 Å². The number of esters is 2. The Kier molecular flexibility index (Phi) is 17.0. The molecule has 6 heterocycles. The topological polar surface area (TPSA) is 194 Å². The van der Waals surface area contributed by atoms with Crippen molar-refractivity contribution in [3.8, 4) is 0 Å². The van der Waals surface area contributed by atoms with Gasteiger partial charge in [0.2, 0.25) is 0 Å². The van der Waals surface area contributed by atoms with Crippen molar-refractivity contribution in [3.05, 3.63) is 67.4 Å². The summed E-state index contributed by atoms with van der Waals surface area (Å²) in [6.07, 6.45) is 2.28. The zero-order valence-electron chi connectivity index (χ0n) is 40.9. The molecule has 3 aliphatic rings. The number of aliphatic hydroxyl groups excluding tert-OH is 1. The quantitative estimate of drug-likeness (QED) is 0.0813. The SMILES string of the molecule is C=CCN(C)[C@H]1C[C@@H](C)O[C@@H](O[C@@H]2[C@@H](C)[C@H](OC(=O)Cc3ccccn3)[C@@H](C)C(=O)O[C@H](CC)[C@@]3(C)OC(=O)N(CCCCn4cnc5ncccc54)[C@@H]3[C@@H](C)C(=O)[C@H](C)C[C@@]2(C)OC)[C@@H]1O. The van der Waals surface area contributed by atoms with E-state index in [4.69, 9.17) is 28.4 Å². The number of ketones is 1. The maximum Gasteiger partial charge on any atom is 0.410 e. The smallest absolute Gasteiger partial charge is 0.410 e. The Morgan fingerprint density at radius 3 is 2.43 bits per heavy atom. The number of aryl methyl sites for hydroxylation is 1. The van der Waals surface area contributed by atoms with Gasteiger partial charge in [0.25, 0.3) is 0 Å². The van der Waals surface area contributed by atoms with Gasteiger partial charge in [0.1, 0.15) is 24.1 Å². The molecule has 1 amide bonds. The summed E-state index contributed by atoms with van der Waals surface area (Å²) in [4.78, 5) is 74.5. The van der Waals surface area contributed by atoms with Crippen molar-refractivity contribution in [3.63, 3.8) is 0 Å². The molecule has 0 saturated carbocycles. The fraction of sp³-hybridized carbons (Fsp3) is 0.660. The highest BCUT2D eigenvalue weighted by molar-refractivity contribution is 5.85. The van der Waals surface area contributed by atoms with Gasteiger partial charge in [-0.15, -0.1) is 6.58 Å². The lowest BCUT2D eigenvalue weighted by atomic mass is 9.73. The summed E-state index contributed by atoms with van der Waals surface area (Å²) in [5.41, 5.74) is -0.730. The van der Waals surface area contributed by atoms with Crippen LogP contribution in [-0.2, 0) is 55.8 Å². The van der Waals surface area contributed by atoms with Gasteiger partial charge in [-0.05, 0) is 91.1 Å². The normalized spacial score (nSPS) is 34.3. The molecule has 17 heteroatoms. The molecule has 67 heavy (non-hydrogen) atoms. The van der Waals surface area contributed by atoms with Gasteiger partial charge in [0, 0.05) is 62.9 Å². The van der Waals surface area contributed by atoms with Gasteiger partial charge in [-0.2, -0.15) is 0 Å². The zero-order valence-corrected chi connectivity index (χ0v) is 40.9. The van der Waals surface area contributed by atoms with Crippen LogP contribution in [0.25, 0.3) is 11.2 Å². The van der Waals surface area contributed by atoms with Crippen molar-refractivity contribution < 1.29 is 52.7 Å². The van der Waals surface area contributed by atoms with E-state index in [1.54, 1.807) is 75.6 Å². The molecule has 0 spiro atoms. The number of carbonyl (C=O) groups excluding carboxylic acids is 4. The molecule has 3 fully saturated rings. The van der Waals surface area contributed by atoms with Crippen LogP contribution in [0.4, 0.5) is 4.79 Å². The summed E-state index contributed by atoms with van der Waals surface area (Å²) in [7, 11) is 3.41. The second-order valence-corrected chi connectivity index (χ2v) is 19.3. The first-order valence-corrected chi connectivity index (χ1v) is 23.8. The molecule has 3 aromatic rings. The highest BCUT2D eigenvalue weighted by atomic mass is 16.7. The molecule has 3 saturated heterocycles. The number of fused-ring (bicyclic) bond motifs is 2. The highest BCUT2D eigenvalue weighted by Gasteiger charge is 2.60. The fourth-order valence-corrected chi connectivity index (χ4v) is 10.8. The molecule has 0 radical (unpaired) electrons. The van der Waals surface area contributed by atoms with Crippen LogP contribution in [0.2, 0.25) is 0 Å². The number of carbonyl (C=O) groups is 4. The van der Waals surface area contributed by atoms with Crippen LogP contribution >= 0.6 is 0 Å². The van der Waals surface area contributed by atoms with Gasteiger partial charge in [-0.3, -0.25) is 24.3 Å². The van der Waals surface area contributed by atoms with E-state index >= 15 is 4.79 Å². The maximum absolute atomic E-state index is 15.0. The third-order valence-electron chi connectivity index (χ3n) is 14.4. The third kappa shape index (κ3) is 11.2. The molecule has 3 aliphatic heterocycles. The Balaban J connectivity index is 1.37. The summed E-state index contributed by atoms with van der Waals surface area (Å²) in [6, 6.07) is 7.85. The number of aliphatic hydroxyl groups is 1. The second kappa shape index (κ2) is 22.1. The molecule has 0 unspecified atom stereocenters. The Labute approximate surface area is 394 Å². The molecular weight excluding hydrogens is 861 g/mol. The first-order chi connectivity index (χ1) is 31.9. The number of aromatic nitrogens is 4. The van der Waals surface area contributed by atoms with Crippen molar-refractivity contribution in [1.29, 1.82) is 0 Å². The molecule has 1 N–H and O–H groups in total. The molecule has 368 valence electrons. The molecule has 0 aromatic carbocycles. The van der Waals surface area contributed by atoms with Crippen LogP contribution in [0.15, 0.2) is 61.7 Å². The highest BCUT2D eigenvalue weighted by Crippen LogP contribution is 2.44. The van der Waals surface area contributed by atoms with E-state index in [0.717, 1.165) is 5.52 Å². The predicted molar refractivity (Wildman–Crippen MR) is 248 cm³/mol. The number of hydrogen-bond acceptors (Lipinski definition) is 15.